The van der Waals surface area contributed by atoms with Crippen LogP contribution in [0.1, 0.15) is 17.5 Å². The average Bonchev–Trinajstić information content (AvgIpc) is 2.69. The van der Waals surface area contributed by atoms with Crippen LogP contribution < -0.4 is 11.2 Å². The van der Waals surface area contributed by atoms with Crippen LogP contribution in [-0.2, 0) is 6.42 Å². The fraction of sp³-hybridized carbons (Fsp3) is 0.200. The van der Waals surface area contributed by atoms with Gasteiger partial charge in [-0.1, -0.05) is 12.1 Å². The molecule has 0 spiro atoms. The molecule has 1 aromatic carbocycles. The van der Waals surface area contributed by atoms with Crippen LogP contribution in [0.4, 0.5) is 5.69 Å². The number of fused-ring (bicyclic) bond motifs is 1. The highest BCUT2D eigenvalue weighted by Crippen LogP contribution is 2.30. The molecule has 1 aliphatic carbocycles. The van der Waals surface area contributed by atoms with Gasteiger partial charge < -0.3 is 5.73 Å². The highest BCUT2D eigenvalue weighted by atomic mass is 32.1. The van der Waals surface area contributed by atoms with Gasteiger partial charge in [-0.15, -0.1) is 0 Å². The van der Waals surface area contributed by atoms with Crippen LogP contribution >= 0.6 is 12.2 Å². The van der Waals surface area contributed by atoms with E-state index in [0.717, 1.165) is 12.0 Å². The van der Waals surface area contributed by atoms with Crippen LogP contribution in [0.3, 0.4) is 0 Å². The average molecular weight is 250 g/mol. The second kappa shape index (κ2) is 4.46. The van der Waals surface area contributed by atoms with Crippen molar-refractivity contribution in [3.63, 3.8) is 0 Å². The van der Waals surface area contributed by atoms with Gasteiger partial charge in [0.2, 0.25) is 0 Å². The van der Waals surface area contributed by atoms with E-state index in [1.165, 1.54) is 6.07 Å². The number of hydrogen-bond donors (Lipinski definition) is 2. The van der Waals surface area contributed by atoms with E-state index in [1.807, 2.05) is 6.07 Å². The minimum atomic E-state index is -0.402. The van der Waals surface area contributed by atoms with Crippen molar-refractivity contribution in [2.75, 3.05) is 0 Å². The molecule has 0 saturated carbocycles. The zero-order valence-electron chi connectivity index (χ0n) is 8.84. The van der Waals surface area contributed by atoms with Crippen LogP contribution in [0, 0.1) is 10.1 Å². The number of aryl methyl sites for hydroxylation is 1. The first-order chi connectivity index (χ1) is 8.09. The van der Waals surface area contributed by atoms with Gasteiger partial charge in [0, 0.05) is 6.07 Å². The Balaban J connectivity index is 2.45. The number of nitro groups is 1. The van der Waals surface area contributed by atoms with Gasteiger partial charge in [-0.3, -0.25) is 15.5 Å². The summed E-state index contributed by atoms with van der Waals surface area (Å²) in [6.07, 6.45) is 1.39. The first kappa shape index (κ1) is 11.5. The van der Waals surface area contributed by atoms with Crippen molar-refractivity contribution in [3.8, 4) is 0 Å². The molecule has 0 bridgehead atoms. The van der Waals surface area contributed by atoms with Gasteiger partial charge in [0.1, 0.15) is 0 Å². The van der Waals surface area contributed by atoms with Crippen LogP contribution in [0.2, 0.25) is 0 Å². The van der Waals surface area contributed by atoms with E-state index in [9.17, 15) is 10.1 Å². The van der Waals surface area contributed by atoms with E-state index in [1.54, 1.807) is 6.07 Å². The van der Waals surface area contributed by atoms with E-state index in [0.29, 0.717) is 17.7 Å². The van der Waals surface area contributed by atoms with E-state index < -0.39 is 4.92 Å². The van der Waals surface area contributed by atoms with Gasteiger partial charge in [0.15, 0.2) is 5.11 Å². The standard InChI is InChI=1S/C10H10N4O2S/c11-10(17)13-12-7-5-4-6-2-1-3-8(9(6)7)14(15)16/h1-3H,4-5H2,(H3,11,13,17)/b12-7-. The zero-order valence-corrected chi connectivity index (χ0v) is 9.66. The second-order valence-electron chi connectivity index (χ2n) is 3.60. The highest BCUT2D eigenvalue weighted by Gasteiger charge is 2.27. The van der Waals surface area contributed by atoms with Crippen molar-refractivity contribution in [3.05, 3.63) is 39.4 Å². The summed E-state index contributed by atoms with van der Waals surface area (Å²) in [5.74, 6) is 0. The smallest absolute Gasteiger partial charge is 0.278 e. The summed E-state index contributed by atoms with van der Waals surface area (Å²) in [6, 6.07) is 5.02. The summed E-state index contributed by atoms with van der Waals surface area (Å²) in [6.45, 7) is 0. The molecule has 0 unspecified atom stereocenters. The molecule has 0 amide bonds. The number of benzene rings is 1. The minimum Gasteiger partial charge on any atom is -0.375 e. The number of nitro benzene ring substituents is 1. The molecule has 0 fully saturated rings. The predicted molar refractivity (Wildman–Crippen MR) is 67.9 cm³/mol. The first-order valence-corrected chi connectivity index (χ1v) is 5.39. The van der Waals surface area contributed by atoms with Crippen molar-refractivity contribution in [1.29, 1.82) is 0 Å². The molecule has 0 radical (unpaired) electrons. The predicted octanol–water partition coefficient (Wildman–Crippen LogP) is 1.08. The summed E-state index contributed by atoms with van der Waals surface area (Å²) in [5, 5.41) is 15.0. The Bertz CT molecular complexity index is 527. The summed E-state index contributed by atoms with van der Waals surface area (Å²) >= 11 is 4.64. The number of thiocarbonyl (C=S) groups is 1. The van der Waals surface area contributed by atoms with Crippen LogP contribution in [0.5, 0.6) is 0 Å². The Labute approximate surface area is 103 Å². The SMILES string of the molecule is NC(=S)N/N=C1/CCc2cccc([N+](=O)[O-])c21. The number of nitrogens with zero attached hydrogens (tertiary/aromatic N) is 2. The molecule has 0 heterocycles. The Kier molecular flexibility index (Phi) is 3.01. The number of nitrogens with one attached hydrogen (secondary N) is 1. The first-order valence-electron chi connectivity index (χ1n) is 4.98. The molecule has 0 aliphatic heterocycles. The number of nitrogens with two attached hydrogens (primary N) is 1. The molecule has 0 saturated heterocycles. The van der Waals surface area contributed by atoms with Gasteiger partial charge in [0.25, 0.3) is 5.69 Å². The van der Waals surface area contributed by atoms with E-state index in [-0.39, 0.29) is 10.8 Å². The van der Waals surface area contributed by atoms with Crippen LogP contribution in [0.25, 0.3) is 0 Å². The molecule has 1 aromatic rings. The lowest BCUT2D eigenvalue weighted by Gasteiger charge is -2.02. The van der Waals surface area contributed by atoms with Crippen molar-refractivity contribution < 1.29 is 4.92 Å². The highest BCUT2D eigenvalue weighted by molar-refractivity contribution is 7.80. The van der Waals surface area contributed by atoms with Gasteiger partial charge in [-0.2, -0.15) is 5.10 Å². The Morgan fingerprint density at radius 2 is 2.29 bits per heavy atom. The summed E-state index contributed by atoms with van der Waals surface area (Å²) < 4.78 is 0. The largest absolute Gasteiger partial charge is 0.375 e. The molecule has 0 aromatic heterocycles. The maximum Gasteiger partial charge on any atom is 0.278 e. The quantitative estimate of drug-likeness (QED) is 0.465. The Morgan fingerprint density at radius 1 is 1.53 bits per heavy atom. The molecule has 6 nitrogen and oxygen atoms in total. The molecule has 17 heavy (non-hydrogen) atoms. The van der Waals surface area contributed by atoms with Crippen LogP contribution in [-0.4, -0.2) is 15.7 Å². The Hall–Kier alpha value is -2.02. The van der Waals surface area contributed by atoms with Crippen molar-refractivity contribution in [1.82, 2.24) is 5.43 Å². The molecule has 88 valence electrons. The third-order valence-corrected chi connectivity index (χ3v) is 2.64. The summed E-state index contributed by atoms with van der Waals surface area (Å²) in [4.78, 5) is 10.5. The summed E-state index contributed by atoms with van der Waals surface area (Å²) in [5.41, 5.74) is 9.95. The fourth-order valence-corrected chi connectivity index (χ4v) is 1.94. The van der Waals surface area contributed by atoms with Crippen molar-refractivity contribution >= 4 is 28.7 Å². The van der Waals surface area contributed by atoms with E-state index in [2.05, 4.69) is 22.7 Å². The lowest BCUT2D eigenvalue weighted by molar-refractivity contribution is -0.385. The second-order valence-corrected chi connectivity index (χ2v) is 4.04. The number of hydrazone groups is 1. The van der Waals surface area contributed by atoms with Crippen molar-refractivity contribution in [2.45, 2.75) is 12.8 Å². The molecule has 1 aliphatic rings. The third-order valence-electron chi connectivity index (χ3n) is 2.55. The topological polar surface area (TPSA) is 93.5 Å². The van der Waals surface area contributed by atoms with Crippen molar-refractivity contribution in [2.24, 2.45) is 10.8 Å². The molecule has 3 N–H and O–H groups in total. The van der Waals surface area contributed by atoms with Gasteiger partial charge in [-0.05, 0) is 30.6 Å². The summed E-state index contributed by atoms with van der Waals surface area (Å²) in [7, 11) is 0. The van der Waals surface area contributed by atoms with E-state index in [4.69, 9.17) is 5.73 Å². The van der Waals surface area contributed by atoms with Gasteiger partial charge in [-0.25, -0.2) is 0 Å². The molecular weight excluding hydrogens is 240 g/mol. The maximum absolute atomic E-state index is 10.9. The minimum absolute atomic E-state index is 0.0459. The third kappa shape index (κ3) is 2.23. The zero-order chi connectivity index (χ0) is 12.4. The molecule has 2 rings (SSSR count). The fourth-order valence-electron chi connectivity index (χ4n) is 1.89. The lowest BCUT2D eigenvalue weighted by Crippen LogP contribution is -2.25. The molecular formula is C10H10N4O2S. The van der Waals surface area contributed by atoms with Gasteiger partial charge >= 0.3 is 0 Å². The van der Waals surface area contributed by atoms with Crippen LogP contribution in [0.15, 0.2) is 23.3 Å². The normalized spacial score (nSPS) is 15.6. The maximum atomic E-state index is 10.9. The molecule has 7 heteroatoms. The number of hydrogen-bond acceptors (Lipinski definition) is 4. The van der Waals surface area contributed by atoms with E-state index >= 15 is 0 Å². The Morgan fingerprint density at radius 3 is 2.94 bits per heavy atom. The number of rotatable bonds is 2. The van der Waals surface area contributed by atoms with Gasteiger partial charge in [0.05, 0.1) is 16.2 Å². The lowest BCUT2D eigenvalue weighted by atomic mass is 10.1. The molecule has 0 atom stereocenters. The monoisotopic (exact) mass is 250 g/mol.